The zero-order valence-electron chi connectivity index (χ0n) is 13.5. The van der Waals surface area contributed by atoms with Crippen LogP contribution < -0.4 is 9.47 Å². The summed E-state index contributed by atoms with van der Waals surface area (Å²) < 4.78 is 21.1. The van der Waals surface area contributed by atoms with Gasteiger partial charge in [0.15, 0.2) is 22.8 Å². The van der Waals surface area contributed by atoms with E-state index in [-0.39, 0.29) is 25.1 Å². The third-order valence-corrected chi connectivity index (χ3v) is 4.07. The minimum absolute atomic E-state index is 0.0403. The Hall–Kier alpha value is -2.48. The number of nitrogens with zero attached hydrogens (tertiary/aromatic N) is 1. The summed E-state index contributed by atoms with van der Waals surface area (Å²) in [6.07, 6.45) is 0. The van der Waals surface area contributed by atoms with Gasteiger partial charge in [-0.3, -0.25) is 4.79 Å². The van der Waals surface area contributed by atoms with Gasteiger partial charge >= 0.3 is 5.97 Å². The molecule has 1 aliphatic rings. The highest BCUT2D eigenvalue weighted by atomic mass is 79.9. The Morgan fingerprint density at radius 3 is 2.72 bits per heavy atom. The molecule has 1 aromatic heterocycles. The fourth-order valence-electron chi connectivity index (χ4n) is 2.35. The van der Waals surface area contributed by atoms with Gasteiger partial charge in [0.25, 0.3) is 5.91 Å². The Balaban J connectivity index is 1.57. The van der Waals surface area contributed by atoms with Crippen LogP contribution in [0, 0.1) is 0 Å². The van der Waals surface area contributed by atoms with E-state index in [4.69, 9.17) is 18.6 Å². The molecule has 0 spiro atoms. The third-order valence-electron chi connectivity index (χ3n) is 3.65. The first-order valence-corrected chi connectivity index (χ1v) is 8.45. The van der Waals surface area contributed by atoms with Gasteiger partial charge in [0.1, 0.15) is 0 Å². The summed E-state index contributed by atoms with van der Waals surface area (Å²) in [5.74, 6) is 0.420. The fourth-order valence-corrected chi connectivity index (χ4v) is 2.66. The SMILES string of the molecule is CCN(Cc1ccc2c(c1)OCO2)C(=O)COC(=O)c1ccc(Br)o1. The van der Waals surface area contributed by atoms with Crippen molar-refractivity contribution in [1.82, 2.24) is 4.90 Å². The minimum Gasteiger partial charge on any atom is -0.454 e. The predicted molar refractivity (Wildman–Crippen MR) is 90.3 cm³/mol. The molecule has 0 aliphatic carbocycles. The quantitative estimate of drug-likeness (QED) is 0.682. The van der Waals surface area contributed by atoms with Crippen molar-refractivity contribution in [1.29, 1.82) is 0 Å². The molecule has 0 unspecified atom stereocenters. The highest BCUT2D eigenvalue weighted by molar-refractivity contribution is 9.10. The molecular formula is C17H16BrNO6. The zero-order chi connectivity index (χ0) is 17.8. The number of carbonyl (C=O) groups excluding carboxylic acids is 2. The van der Waals surface area contributed by atoms with Gasteiger partial charge in [-0.25, -0.2) is 4.79 Å². The molecule has 8 heteroatoms. The number of amides is 1. The van der Waals surface area contributed by atoms with Crippen LogP contribution in [0.4, 0.5) is 0 Å². The van der Waals surface area contributed by atoms with Crippen LogP contribution in [-0.2, 0) is 16.1 Å². The smallest absolute Gasteiger partial charge is 0.374 e. The number of esters is 1. The number of ether oxygens (including phenoxy) is 3. The zero-order valence-corrected chi connectivity index (χ0v) is 15.1. The number of furan rings is 1. The first-order chi connectivity index (χ1) is 12.1. The Morgan fingerprint density at radius 1 is 1.20 bits per heavy atom. The summed E-state index contributed by atoms with van der Waals surface area (Å²) in [7, 11) is 0. The number of benzene rings is 1. The highest BCUT2D eigenvalue weighted by Crippen LogP contribution is 2.32. The van der Waals surface area contributed by atoms with Crippen LogP contribution in [0.2, 0.25) is 0 Å². The Morgan fingerprint density at radius 2 is 2.00 bits per heavy atom. The summed E-state index contributed by atoms with van der Waals surface area (Å²) in [6.45, 7) is 2.58. The second kappa shape index (κ2) is 7.60. The van der Waals surface area contributed by atoms with Gasteiger partial charge in [0.05, 0.1) is 0 Å². The number of fused-ring (bicyclic) bond motifs is 1. The van der Waals surface area contributed by atoms with Crippen molar-refractivity contribution in [3.63, 3.8) is 0 Å². The summed E-state index contributed by atoms with van der Waals surface area (Å²) in [5, 5.41) is 0. The molecule has 2 heterocycles. The van der Waals surface area contributed by atoms with Gasteiger partial charge < -0.3 is 23.5 Å². The van der Waals surface area contributed by atoms with Gasteiger partial charge in [-0.1, -0.05) is 6.07 Å². The molecular weight excluding hydrogens is 394 g/mol. The van der Waals surface area contributed by atoms with Gasteiger partial charge in [0, 0.05) is 13.1 Å². The lowest BCUT2D eigenvalue weighted by atomic mass is 10.2. The van der Waals surface area contributed by atoms with E-state index in [0.717, 1.165) is 5.56 Å². The standard InChI is InChI=1S/C17H16BrNO6/c1-2-19(8-11-3-4-12-14(7-11)24-10-23-12)16(20)9-22-17(21)13-5-6-15(18)25-13/h3-7H,2,8-10H2,1H3. The maximum absolute atomic E-state index is 12.3. The molecule has 1 aliphatic heterocycles. The normalized spacial score (nSPS) is 12.1. The lowest BCUT2D eigenvalue weighted by Gasteiger charge is -2.20. The molecule has 1 aromatic carbocycles. The van der Waals surface area contributed by atoms with E-state index < -0.39 is 5.97 Å². The molecule has 1 amide bonds. The second-order valence-corrected chi connectivity index (χ2v) is 6.06. The molecule has 0 bridgehead atoms. The monoisotopic (exact) mass is 409 g/mol. The van der Waals surface area contributed by atoms with Crippen molar-refractivity contribution in [2.24, 2.45) is 0 Å². The molecule has 132 valence electrons. The van der Waals surface area contributed by atoms with E-state index in [1.807, 2.05) is 25.1 Å². The summed E-state index contributed by atoms with van der Waals surface area (Å²) in [4.78, 5) is 25.7. The van der Waals surface area contributed by atoms with Crippen molar-refractivity contribution in [3.8, 4) is 11.5 Å². The van der Waals surface area contributed by atoms with E-state index in [2.05, 4.69) is 15.9 Å². The van der Waals surface area contributed by atoms with E-state index in [1.54, 1.807) is 11.0 Å². The van der Waals surface area contributed by atoms with E-state index in [9.17, 15) is 9.59 Å². The number of carbonyl (C=O) groups is 2. The van der Waals surface area contributed by atoms with Crippen LogP contribution in [-0.4, -0.2) is 36.7 Å². The largest absolute Gasteiger partial charge is 0.454 e. The Bertz CT molecular complexity index is 787. The van der Waals surface area contributed by atoms with Crippen LogP contribution in [0.5, 0.6) is 11.5 Å². The predicted octanol–water partition coefficient (Wildman–Crippen LogP) is 2.98. The van der Waals surface area contributed by atoms with E-state index in [0.29, 0.717) is 29.3 Å². The Labute approximate surface area is 152 Å². The second-order valence-electron chi connectivity index (χ2n) is 5.28. The van der Waals surface area contributed by atoms with Crippen LogP contribution >= 0.6 is 15.9 Å². The van der Waals surface area contributed by atoms with Gasteiger partial charge in [-0.05, 0) is 52.7 Å². The van der Waals surface area contributed by atoms with Crippen molar-refractivity contribution in [2.45, 2.75) is 13.5 Å². The van der Waals surface area contributed by atoms with Crippen molar-refractivity contribution < 1.29 is 28.2 Å². The Kier molecular flexibility index (Phi) is 5.28. The lowest BCUT2D eigenvalue weighted by Crippen LogP contribution is -2.34. The molecule has 0 saturated carbocycles. The number of halogens is 1. The van der Waals surface area contributed by atoms with Crippen LogP contribution in [0.1, 0.15) is 23.0 Å². The van der Waals surface area contributed by atoms with Gasteiger partial charge in [0.2, 0.25) is 12.6 Å². The number of likely N-dealkylation sites (N-methyl/N-ethyl adjacent to an activating group) is 1. The summed E-state index contributed by atoms with van der Waals surface area (Å²) in [6, 6.07) is 8.57. The molecule has 2 aromatic rings. The van der Waals surface area contributed by atoms with Crippen LogP contribution in [0.3, 0.4) is 0 Å². The molecule has 0 N–H and O–H groups in total. The molecule has 0 saturated heterocycles. The van der Waals surface area contributed by atoms with Crippen molar-refractivity contribution in [2.75, 3.05) is 19.9 Å². The molecule has 0 radical (unpaired) electrons. The fraction of sp³-hybridized carbons (Fsp3) is 0.294. The molecule has 3 rings (SSSR count). The topological polar surface area (TPSA) is 78.2 Å². The highest BCUT2D eigenvalue weighted by Gasteiger charge is 2.19. The number of rotatable bonds is 6. The van der Waals surface area contributed by atoms with E-state index in [1.165, 1.54) is 6.07 Å². The van der Waals surface area contributed by atoms with Gasteiger partial charge in [-0.2, -0.15) is 0 Å². The summed E-state index contributed by atoms with van der Waals surface area (Å²) >= 11 is 3.10. The van der Waals surface area contributed by atoms with E-state index >= 15 is 0 Å². The van der Waals surface area contributed by atoms with Crippen molar-refractivity contribution in [3.05, 3.63) is 46.3 Å². The van der Waals surface area contributed by atoms with Crippen LogP contribution in [0.25, 0.3) is 0 Å². The summed E-state index contributed by atoms with van der Waals surface area (Å²) in [5.41, 5.74) is 0.903. The number of hydrogen-bond acceptors (Lipinski definition) is 6. The average Bonchev–Trinajstić information content (AvgIpc) is 3.25. The molecule has 25 heavy (non-hydrogen) atoms. The molecule has 7 nitrogen and oxygen atoms in total. The first-order valence-electron chi connectivity index (χ1n) is 7.65. The minimum atomic E-state index is -0.682. The maximum Gasteiger partial charge on any atom is 0.374 e. The van der Waals surface area contributed by atoms with Gasteiger partial charge in [-0.15, -0.1) is 0 Å². The molecule has 0 atom stereocenters. The molecule has 0 fully saturated rings. The van der Waals surface area contributed by atoms with Crippen LogP contribution in [0.15, 0.2) is 39.4 Å². The number of hydrogen-bond donors (Lipinski definition) is 0. The third kappa shape index (κ3) is 4.14. The maximum atomic E-state index is 12.3. The first kappa shape index (κ1) is 17.3. The van der Waals surface area contributed by atoms with Crippen molar-refractivity contribution >= 4 is 27.8 Å². The lowest BCUT2D eigenvalue weighted by molar-refractivity contribution is -0.135. The average molecular weight is 410 g/mol.